The van der Waals surface area contributed by atoms with Gasteiger partial charge in [0, 0.05) is 11.9 Å². The number of nitrogens with zero attached hydrogens (tertiary/aromatic N) is 1. The Kier molecular flexibility index (Phi) is 4.21. The highest BCUT2D eigenvalue weighted by Gasteiger charge is 2.07. The van der Waals surface area contributed by atoms with Gasteiger partial charge in [0.1, 0.15) is 5.75 Å². The number of hydrogen-bond donors (Lipinski definition) is 1. The summed E-state index contributed by atoms with van der Waals surface area (Å²) in [5.41, 5.74) is 1.04. The standard InChI is InChI=1S/C16H21NO/c1-3-17(4-2)12-11-14-10-9-13-7-5-6-8-15(13)16(14)18/h5-10,18H,3-4,11-12H2,1-2H3. The third-order valence-electron chi connectivity index (χ3n) is 3.58. The molecule has 0 spiro atoms. The van der Waals surface area contributed by atoms with Crippen LogP contribution in [0.5, 0.6) is 5.75 Å². The predicted molar refractivity (Wildman–Crippen MR) is 77.1 cm³/mol. The average Bonchev–Trinajstić information content (AvgIpc) is 2.42. The molecule has 2 aromatic carbocycles. The van der Waals surface area contributed by atoms with Crippen LogP contribution in [0.4, 0.5) is 0 Å². The first kappa shape index (κ1) is 12.9. The molecular formula is C16H21NO. The van der Waals surface area contributed by atoms with Gasteiger partial charge in [0.05, 0.1) is 0 Å². The summed E-state index contributed by atoms with van der Waals surface area (Å²) in [6, 6.07) is 12.1. The molecule has 2 aromatic rings. The van der Waals surface area contributed by atoms with Crippen molar-refractivity contribution in [1.29, 1.82) is 0 Å². The van der Waals surface area contributed by atoms with Gasteiger partial charge in [-0.1, -0.05) is 50.2 Å². The number of fused-ring (bicyclic) bond motifs is 1. The molecule has 0 aliphatic rings. The zero-order chi connectivity index (χ0) is 13.0. The molecule has 0 radical (unpaired) electrons. The van der Waals surface area contributed by atoms with Crippen molar-refractivity contribution in [3.8, 4) is 5.75 Å². The molecule has 96 valence electrons. The van der Waals surface area contributed by atoms with E-state index in [1.807, 2.05) is 30.3 Å². The lowest BCUT2D eigenvalue weighted by molar-refractivity contribution is 0.306. The van der Waals surface area contributed by atoms with Gasteiger partial charge in [-0.15, -0.1) is 0 Å². The van der Waals surface area contributed by atoms with Crippen LogP contribution < -0.4 is 0 Å². The van der Waals surface area contributed by atoms with Crippen LogP contribution in [-0.4, -0.2) is 29.6 Å². The van der Waals surface area contributed by atoms with Gasteiger partial charge >= 0.3 is 0 Å². The monoisotopic (exact) mass is 243 g/mol. The molecule has 0 fully saturated rings. The van der Waals surface area contributed by atoms with Crippen LogP contribution in [0.3, 0.4) is 0 Å². The molecule has 2 nitrogen and oxygen atoms in total. The summed E-state index contributed by atoms with van der Waals surface area (Å²) in [7, 11) is 0. The number of hydrogen-bond acceptors (Lipinski definition) is 2. The second kappa shape index (κ2) is 5.87. The molecule has 0 heterocycles. The van der Waals surface area contributed by atoms with E-state index in [4.69, 9.17) is 0 Å². The Morgan fingerprint density at radius 3 is 2.44 bits per heavy atom. The molecule has 2 heteroatoms. The minimum Gasteiger partial charge on any atom is -0.507 e. The SMILES string of the molecule is CCN(CC)CCc1ccc2ccccc2c1O. The van der Waals surface area contributed by atoms with Gasteiger partial charge < -0.3 is 10.0 Å². The van der Waals surface area contributed by atoms with Gasteiger partial charge in [0.25, 0.3) is 0 Å². The Morgan fingerprint density at radius 1 is 1.00 bits per heavy atom. The Bertz CT molecular complexity index is 517. The van der Waals surface area contributed by atoms with Crippen molar-refractivity contribution in [1.82, 2.24) is 4.90 Å². The molecule has 0 aliphatic heterocycles. The van der Waals surface area contributed by atoms with Crippen molar-refractivity contribution in [3.63, 3.8) is 0 Å². The molecule has 1 N–H and O–H groups in total. The van der Waals surface area contributed by atoms with Crippen LogP contribution in [0.2, 0.25) is 0 Å². The van der Waals surface area contributed by atoms with Crippen LogP contribution in [0.15, 0.2) is 36.4 Å². The second-order valence-electron chi connectivity index (χ2n) is 4.57. The van der Waals surface area contributed by atoms with Crippen molar-refractivity contribution in [2.24, 2.45) is 0 Å². The summed E-state index contributed by atoms with van der Waals surface area (Å²) in [5.74, 6) is 0.445. The molecule has 0 saturated carbocycles. The van der Waals surface area contributed by atoms with Gasteiger partial charge in [-0.3, -0.25) is 0 Å². The van der Waals surface area contributed by atoms with Gasteiger partial charge in [-0.2, -0.15) is 0 Å². The van der Waals surface area contributed by atoms with E-state index in [9.17, 15) is 5.11 Å². The third kappa shape index (κ3) is 2.65. The Hall–Kier alpha value is -1.54. The van der Waals surface area contributed by atoms with Crippen LogP contribution in [0.25, 0.3) is 10.8 Å². The fourth-order valence-electron chi connectivity index (χ4n) is 2.32. The lowest BCUT2D eigenvalue weighted by Crippen LogP contribution is -2.25. The topological polar surface area (TPSA) is 23.5 Å². The van der Waals surface area contributed by atoms with Crippen molar-refractivity contribution in [2.75, 3.05) is 19.6 Å². The molecule has 0 atom stereocenters. The smallest absolute Gasteiger partial charge is 0.126 e. The molecule has 0 bridgehead atoms. The van der Waals surface area contributed by atoms with E-state index in [1.54, 1.807) is 0 Å². The maximum atomic E-state index is 10.3. The van der Waals surface area contributed by atoms with Crippen LogP contribution in [-0.2, 0) is 6.42 Å². The second-order valence-corrected chi connectivity index (χ2v) is 4.57. The molecule has 0 amide bonds. The highest BCUT2D eigenvalue weighted by molar-refractivity contribution is 5.89. The van der Waals surface area contributed by atoms with Crippen molar-refractivity contribution in [2.45, 2.75) is 20.3 Å². The van der Waals surface area contributed by atoms with Crippen LogP contribution in [0.1, 0.15) is 19.4 Å². The largest absolute Gasteiger partial charge is 0.507 e. The van der Waals surface area contributed by atoms with E-state index in [2.05, 4.69) is 24.8 Å². The number of aromatic hydroxyl groups is 1. The number of rotatable bonds is 5. The van der Waals surface area contributed by atoms with Gasteiger partial charge in [-0.25, -0.2) is 0 Å². The Balaban J connectivity index is 2.21. The summed E-state index contributed by atoms with van der Waals surface area (Å²) in [6.07, 6.45) is 0.901. The van der Waals surface area contributed by atoms with Crippen molar-refractivity contribution in [3.05, 3.63) is 42.0 Å². The fourth-order valence-corrected chi connectivity index (χ4v) is 2.32. The molecule has 0 saturated heterocycles. The molecule has 18 heavy (non-hydrogen) atoms. The average molecular weight is 243 g/mol. The maximum absolute atomic E-state index is 10.3. The summed E-state index contributed by atoms with van der Waals surface area (Å²) in [4.78, 5) is 2.37. The number of benzene rings is 2. The lowest BCUT2D eigenvalue weighted by atomic mass is 10.0. The van der Waals surface area contributed by atoms with Crippen molar-refractivity contribution < 1.29 is 5.11 Å². The molecule has 0 aliphatic carbocycles. The minimum atomic E-state index is 0.445. The van der Waals surface area contributed by atoms with Gasteiger partial charge in [0.15, 0.2) is 0 Å². The zero-order valence-electron chi connectivity index (χ0n) is 11.2. The molecule has 0 aromatic heterocycles. The molecular weight excluding hydrogens is 222 g/mol. The Labute approximate surface area is 109 Å². The van der Waals surface area contributed by atoms with E-state index >= 15 is 0 Å². The number of phenolic OH excluding ortho intramolecular Hbond substituents is 1. The van der Waals surface area contributed by atoms with Gasteiger partial charge in [0.2, 0.25) is 0 Å². The minimum absolute atomic E-state index is 0.445. The first-order valence-electron chi connectivity index (χ1n) is 6.68. The predicted octanol–water partition coefficient (Wildman–Crippen LogP) is 3.43. The first-order chi connectivity index (χ1) is 8.76. The van der Waals surface area contributed by atoms with E-state index in [-0.39, 0.29) is 0 Å². The number of phenols is 1. The quantitative estimate of drug-likeness (QED) is 0.869. The summed E-state index contributed by atoms with van der Waals surface area (Å²) in [6.45, 7) is 7.46. The number of likely N-dealkylation sites (N-methyl/N-ethyl adjacent to an activating group) is 1. The summed E-state index contributed by atoms with van der Waals surface area (Å²) < 4.78 is 0. The summed E-state index contributed by atoms with van der Waals surface area (Å²) in [5, 5.41) is 12.3. The van der Waals surface area contributed by atoms with E-state index < -0.39 is 0 Å². The van der Waals surface area contributed by atoms with E-state index in [0.29, 0.717) is 5.75 Å². The summed E-state index contributed by atoms with van der Waals surface area (Å²) >= 11 is 0. The lowest BCUT2D eigenvalue weighted by Gasteiger charge is -2.18. The van der Waals surface area contributed by atoms with Crippen LogP contribution in [0, 0.1) is 0 Å². The van der Waals surface area contributed by atoms with Gasteiger partial charge in [-0.05, 0) is 30.5 Å². The third-order valence-corrected chi connectivity index (χ3v) is 3.58. The molecule has 2 rings (SSSR count). The fraction of sp³-hybridized carbons (Fsp3) is 0.375. The van der Waals surface area contributed by atoms with E-state index in [0.717, 1.165) is 42.4 Å². The first-order valence-corrected chi connectivity index (χ1v) is 6.68. The normalized spacial score (nSPS) is 11.3. The maximum Gasteiger partial charge on any atom is 0.126 e. The van der Waals surface area contributed by atoms with E-state index in [1.165, 1.54) is 0 Å². The zero-order valence-corrected chi connectivity index (χ0v) is 11.2. The van der Waals surface area contributed by atoms with Crippen molar-refractivity contribution >= 4 is 10.8 Å². The van der Waals surface area contributed by atoms with Crippen LogP contribution >= 0.6 is 0 Å². The molecule has 0 unspecified atom stereocenters. The highest BCUT2D eigenvalue weighted by atomic mass is 16.3. The Morgan fingerprint density at radius 2 is 1.72 bits per heavy atom. The highest BCUT2D eigenvalue weighted by Crippen LogP contribution is 2.28.